The van der Waals surface area contributed by atoms with Crippen molar-refractivity contribution in [1.29, 1.82) is 0 Å². The van der Waals surface area contributed by atoms with Crippen LogP contribution in [0.4, 0.5) is 10.1 Å². The van der Waals surface area contributed by atoms with E-state index in [2.05, 4.69) is 45.0 Å². The van der Waals surface area contributed by atoms with Crippen LogP contribution in [0.1, 0.15) is 18.2 Å². The number of nitrogens with zero attached hydrogens (tertiary/aromatic N) is 1. The number of hydrogen-bond donors (Lipinski definition) is 1. The summed E-state index contributed by atoms with van der Waals surface area (Å²) in [4.78, 5) is 0. The average Bonchev–Trinajstić information content (AvgIpc) is 2.79. The van der Waals surface area contributed by atoms with Crippen LogP contribution in [0, 0.1) is 12.7 Å². The topological polar surface area (TPSA) is 17.0 Å². The van der Waals surface area contributed by atoms with Crippen LogP contribution in [0.15, 0.2) is 34.9 Å². The highest BCUT2D eigenvalue weighted by molar-refractivity contribution is 9.10. The van der Waals surface area contributed by atoms with E-state index in [1.807, 2.05) is 13.0 Å². The Morgan fingerprint density at radius 3 is 2.89 bits per heavy atom. The zero-order chi connectivity index (χ0) is 13.1. The highest BCUT2D eigenvalue weighted by Crippen LogP contribution is 2.24. The fourth-order valence-electron chi connectivity index (χ4n) is 1.94. The Hall–Kier alpha value is -1.29. The molecule has 1 aromatic heterocycles. The molecule has 2 aromatic rings. The van der Waals surface area contributed by atoms with E-state index in [-0.39, 0.29) is 5.82 Å². The second-order valence-electron chi connectivity index (χ2n) is 4.22. The van der Waals surface area contributed by atoms with Crippen molar-refractivity contribution in [2.24, 2.45) is 0 Å². The molecule has 0 spiro atoms. The molecule has 0 aliphatic heterocycles. The van der Waals surface area contributed by atoms with Crippen molar-refractivity contribution in [1.82, 2.24) is 4.57 Å². The molecule has 0 saturated heterocycles. The number of aromatic nitrogens is 1. The maximum absolute atomic E-state index is 13.3. The van der Waals surface area contributed by atoms with E-state index in [9.17, 15) is 4.39 Å². The van der Waals surface area contributed by atoms with Crippen molar-refractivity contribution in [3.05, 3.63) is 52.0 Å². The highest BCUT2D eigenvalue weighted by atomic mass is 79.9. The van der Waals surface area contributed by atoms with Crippen LogP contribution in [0.5, 0.6) is 0 Å². The van der Waals surface area contributed by atoms with Gasteiger partial charge in [-0.05, 0) is 59.6 Å². The van der Waals surface area contributed by atoms with Crippen LogP contribution in [0.2, 0.25) is 0 Å². The molecule has 1 heterocycles. The summed E-state index contributed by atoms with van der Waals surface area (Å²) in [6, 6.07) is 7.44. The first-order chi connectivity index (χ1) is 8.61. The lowest BCUT2D eigenvalue weighted by molar-refractivity contribution is 0.620. The molecule has 0 aliphatic rings. The number of hydrogen-bond acceptors (Lipinski definition) is 1. The molecule has 0 atom stereocenters. The van der Waals surface area contributed by atoms with Gasteiger partial charge in [0.25, 0.3) is 0 Å². The third-order valence-electron chi connectivity index (χ3n) is 2.99. The van der Waals surface area contributed by atoms with Crippen molar-refractivity contribution in [3.63, 3.8) is 0 Å². The number of aryl methyl sites for hydroxylation is 2. The van der Waals surface area contributed by atoms with Crippen molar-refractivity contribution >= 4 is 21.6 Å². The minimum atomic E-state index is -0.227. The number of halogens is 2. The van der Waals surface area contributed by atoms with E-state index in [0.717, 1.165) is 24.3 Å². The van der Waals surface area contributed by atoms with Crippen LogP contribution in [0.25, 0.3) is 0 Å². The van der Waals surface area contributed by atoms with Crippen molar-refractivity contribution < 1.29 is 4.39 Å². The minimum absolute atomic E-state index is 0.227. The first-order valence-electron chi connectivity index (χ1n) is 5.95. The van der Waals surface area contributed by atoms with Gasteiger partial charge in [-0.25, -0.2) is 4.39 Å². The number of anilines is 1. The molecule has 0 amide bonds. The Balaban J connectivity index is 2.13. The van der Waals surface area contributed by atoms with E-state index < -0.39 is 0 Å². The van der Waals surface area contributed by atoms with Crippen LogP contribution in [0.3, 0.4) is 0 Å². The zero-order valence-corrected chi connectivity index (χ0v) is 12.1. The molecule has 1 N–H and O–H groups in total. The SMILES string of the molecule is CCn1cccc1CNc1cc(Br)c(F)cc1C. The van der Waals surface area contributed by atoms with Crippen molar-refractivity contribution in [2.45, 2.75) is 26.9 Å². The molecule has 0 bridgehead atoms. The van der Waals surface area contributed by atoms with Gasteiger partial charge in [0.2, 0.25) is 0 Å². The smallest absolute Gasteiger partial charge is 0.137 e. The quantitative estimate of drug-likeness (QED) is 0.889. The standard InChI is InChI=1S/C14H16BrFN2/c1-3-18-6-4-5-11(18)9-17-14-8-12(15)13(16)7-10(14)2/h4-8,17H,3,9H2,1-2H3. The van der Waals surface area contributed by atoms with Crippen molar-refractivity contribution in [3.8, 4) is 0 Å². The molecule has 96 valence electrons. The molecule has 1 aromatic carbocycles. The predicted octanol–water partition coefficient (Wildman–Crippen LogP) is 4.33. The Labute approximate surface area is 115 Å². The summed E-state index contributed by atoms with van der Waals surface area (Å²) in [6.07, 6.45) is 2.06. The molecular weight excluding hydrogens is 295 g/mol. The molecule has 2 nitrogen and oxygen atoms in total. The van der Waals surface area contributed by atoms with Gasteiger partial charge >= 0.3 is 0 Å². The van der Waals surface area contributed by atoms with E-state index in [1.165, 1.54) is 11.8 Å². The predicted molar refractivity (Wildman–Crippen MR) is 76.3 cm³/mol. The molecule has 0 fully saturated rings. The number of benzene rings is 1. The van der Waals surface area contributed by atoms with E-state index >= 15 is 0 Å². The van der Waals surface area contributed by atoms with Crippen LogP contribution in [-0.2, 0) is 13.1 Å². The number of nitrogens with one attached hydrogen (secondary N) is 1. The summed E-state index contributed by atoms with van der Waals surface area (Å²) in [7, 11) is 0. The second-order valence-corrected chi connectivity index (χ2v) is 5.07. The van der Waals surface area contributed by atoms with Gasteiger partial charge in [0.15, 0.2) is 0 Å². The Morgan fingerprint density at radius 2 is 2.17 bits per heavy atom. The van der Waals surface area contributed by atoms with Gasteiger partial charge in [-0.1, -0.05) is 0 Å². The van der Waals surface area contributed by atoms with Crippen LogP contribution in [-0.4, -0.2) is 4.57 Å². The Morgan fingerprint density at radius 1 is 1.39 bits per heavy atom. The normalized spacial score (nSPS) is 10.7. The van der Waals surface area contributed by atoms with Gasteiger partial charge < -0.3 is 9.88 Å². The molecule has 4 heteroatoms. The van der Waals surface area contributed by atoms with Gasteiger partial charge in [-0.3, -0.25) is 0 Å². The summed E-state index contributed by atoms with van der Waals surface area (Å²) in [5, 5.41) is 3.34. The number of rotatable bonds is 4. The lowest BCUT2D eigenvalue weighted by atomic mass is 10.2. The fourth-order valence-corrected chi connectivity index (χ4v) is 2.28. The molecular formula is C14H16BrFN2. The van der Waals surface area contributed by atoms with E-state index in [4.69, 9.17) is 0 Å². The average molecular weight is 311 g/mol. The van der Waals surface area contributed by atoms with Gasteiger partial charge in [-0.2, -0.15) is 0 Å². The maximum atomic E-state index is 13.3. The first-order valence-corrected chi connectivity index (χ1v) is 6.74. The van der Waals surface area contributed by atoms with E-state index in [1.54, 1.807) is 6.07 Å². The maximum Gasteiger partial charge on any atom is 0.137 e. The second kappa shape index (κ2) is 5.57. The Bertz CT molecular complexity index is 549. The molecule has 18 heavy (non-hydrogen) atoms. The largest absolute Gasteiger partial charge is 0.379 e. The summed E-state index contributed by atoms with van der Waals surface area (Å²) >= 11 is 3.21. The third kappa shape index (κ3) is 2.75. The molecule has 0 radical (unpaired) electrons. The molecule has 2 rings (SSSR count). The molecule has 0 aliphatic carbocycles. The molecule has 0 unspecified atom stereocenters. The lowest BCUT2D eigenvalue weighted by Crippen LogP contribution is -2.07. The monoisotopic (exact) mass is 310 g/mol. The summed E-state index contributed by atoms with van der Waals surface area (Å²) < 4.78 is 16.0. The van der Waals surface area contributed by atoms with Gasteiger partial charge in [0.05, 0.1) is 11.0 Å². The zero-order valence-electron chi connectivity index (χ0n) is 10.5. The minimum Gasteiger partial charge on any atom is -0.379 e. The lowest BCUT2D eigenvalue weighted by Gasteiger charge is -2.12. The fraction of sp³-hybridized carbons (Fsp3) is 0.286. The summed E-state index contributed by atoms with van der Waals surface area (Å²) in [5.74, 6) is -0.227. The van der Waals surface area contributed by atoms with Crippen LogP contribution >= 0.6 is 15.9 Å². The van der Waals surface area contributed by atoms with Gasteiger partial charge in [0.1, 0.15) is 5.82 Å². The highest BCUT2D eigenvalue weighted by Gasteiger charge is 2.06. The van der Waals surface area contributed by atoms with Gasteiger partial charge in [0, 0.05) is 24.1 Å². The van der Waals surface area contributed by atoms with Crippen LogP contribution < -0.4 is 5.32 Å². The third-order valence-corrected chi connectivity index (χ3v) is 3.60. The van der Waals surface area contributed by atoms with E-state index in [0.29, 0.717) is 4.47 Å². The summed E-state index contributed by atoms with van der Waals surface area (Å²) in [6.45, 7) is 5.70. The summed E-state index contributed by atoms with van der Waals surface area (Å²) in [5.41, 5.74) is 3.08. The Kier molecular flexibility index (Phi) is 4.07. The first kappa shape index (κ1) is 13.1. The van der Waals surface area contributed by atoms with Crippen molar-refractivity contribution in [2.75, 3.05) is 5.32 Å². The van der Waals surface area contributed by atoms with Gasteiger partial charge in [-0.15, -0.1) is 0 Å². The molecule has 0 saturated carbocycles.